The first-order chi connectivity index (χ1) is 10.6. The van der Waals surface area contributed by atoms with Gasteiger partial charge in [0.25, 0.3) is 5.91 Å². The molecule has 0 radical (unpaired) electrons. The zero-order valence-electron chi connectivity index (χ0n) is 12.6. The molecule has 0 atom stereocenters. The van der Waals surface area contributed by atoms with Gasteiger partial charge in [0.1, 0.15) is 13.2 Å². The second kappa shape index (κ2) is 5.97. The van der Waals surface area contributed by atoms with Crippen LogP contribution in [0.25, 0.3) is 0 Å². The molecule has 1 heterocycles. The third-order valence-corrected chi connectivity index (χ3v) is 3.42. The molecule has 1 aliphatic rings. The molecule has 22 heavy (non-hydrogen) atoms. The van der Waals surface area contributed by atoms with Crippen LogP contribution in [0.1, 0.15) is 10.4 Å². The second-order valence-corrected chi connectivity index (χ2v) is 5.26. The lowest BCUT2D eigenvalue weighted by Gasteiger charge is -2.19. The molecule has 0 bridgehead atoms. The van der Waals surface area contributed by atoms with Crippen LogP contribution < -0.4 is 19.7 Å². The standard InChI is InChI=1S/C17H18N2O3/c1-19(2)14-5-3-4-12(10-14)17(20)18-13-6-7-15-16(11-13)22-9-8-21-15/h3-7,10-11H,8-9H2,1-2H3,(H,18,20). The molecule has 5 nitrogen and oxygen atoms in total. The van der Waals surface area contributed by atoms with Crippen molar-refractivity contribution in [1.29, 1.82) is 0 Å². The van der Waals surface area contributed by atoms with Crippen LogP contribution in [0.15, 0.2) is 42.5 Å². The minimum atomic E-state index is -0.152. The van der Waals surface area contributed by atoms with Gasteiger partial charge in [-0.1, -0.05) is 6.07 Å². The minimum absolute atomic E-state index is 0.152. The zero-order chi connectivity index (χ0) is 15.5. The molecule has 5 heteroatoms. The lowest BCUT2D eigenvalue weighted by molar-refractivity contribution is 0.102. The summed E-state index contributed by atoms with van der Waals surface area (Å²) in [6.07, 6.45) is 0. The van der Waals surface area contributed by atoms with Gasteiger partial charge in [0.15, 0.2) is 11.5 Å². The van der Waals surface area contributed by atoms with Gasteiger partial charge in [0.05, 0.1) is 0 Å². The summed E-state index contributed by atoms with van der Waals surface area (Å²) in [4.78, 5) is 14.3. The number of fused-ring (bicyclic) bond motifs is 1. The van der Waals surface area contributed by atoms with E-state index >= 15 is 0 Å². The van der Waals surface area contributed by atoms with E-state index in [4.69, 9.17) is 9.47 Å². The Bertz CT molecular complexity index is 698. The number of rotatable bonds is 3. The highest BCUT2D eigenvalue weighted by Gasteiger charge is 2.13. The maximum absolute atomic E-state index is 12.4. The summed E-state index contributed by atoms with van der Waals surface area (Å²) in [5.41, 5.74) is 2.28. The predicted octanol–water partition coefficient (Wildman–Crippen LogP) is 2.78. The van der Waals surface area contributed by atoms with Crippen molar-refractivity contribution < 1.29 is 14.3 Å². The van der Waals surface area contributed by atoms with Gasteiger partial charge in [0.2, 0.25) is 0 Å². The molecule has 0 saturated heterocycles. The van der Waals surface area contributed by atoms with Crippen molar-refractivity contribution in [3.63, 3.8) is 0 Å². The lowest BCUT2D eigenvalue weighted by Crippen LogP contribution is -2.17. The van der Waals surface area contributed by atoms with Gasteiger partial charge in [-0.25, -0.2) is 0 Å². The van der Waals surface area contributed by atoms with E-state index in [1.165, 1.54) is 0 Å². The van der Waals surface area contributed by atoms with Gasteiger partial charge in [-0.3, -0.25) is 4.79 Å². The van der Waals surface area contributed by atoms with E-state index < -0.39 is 0 Å². The van der Waals surface area contributed by atoms with Gasteiger partial charge in [0, 0.05) is 37.1 Å². The molecule has 0 unspecified atom stereocenters. The Morgan fingerprint density at radius 1 is 1.05 bits per heavy atom. The van der Waals surface area contributed by atoms with E-state index in [1.54, 1.807) is 24.3 Å². The number of anilines is 2. The Kier molecular flexibility index (Phi) is 3.87. The summed E-state index contributed by atoms with van der Waals surface area (Å²) < 4.78 is 11.0. The molecule has 0 aromatic heterocycles. The Morgan fingerprint density at radius 3 is 2.59 bits per heavy atom. The van der Waals surface area contributed by atoms with Crippen LogP contribution in [0.4, 0.5) is 11.4 Å². The second-order valence-electron chi connectivity index (χ2n) is 5.26. The average molecular weight is 298 g/mol. The van der Waals surface area contributed by atoms with E-state index in [1.807, 2.05) is 37.2 Å². The maximum atomic E-state index is 12.4. The van der Waals surface area contributed by atoms with Crippen molar-refractivity contribution in [1.82, 2.24) is 0 Å². The molecule has 1 aliphatic heterocycles. The van der Waals surface area contributed by atoms with Gasteiger partial charge >= 0.3 is 0 Å². The molecule has 2 aromatic carbocycles. The summed E-state index contributed by atoms with van der Waals surface area (Å²) in [6.45, 7) is 1.07. The molecular weight excluding hydrogens is 280 g/mol. The fraction of sp³-hybridized carbons (Fsp3) is 0.235. The number of nitrogens with zero attached hydrogens (tertiary/aromatic N) is 1. The van der Waals surface area contributed by atoms with Crippen molar-refractivity contribution in [3.05, 3.63) is 48.0 Å². The van der Waals surface area contributed by atoms with E-state index in [2.05, 4.69) is 5.32 Å². The normalized spacial score (nSPS) is 12.6. The topological polar surface area (TPSA) is 50.8 Å². The van der Waals surface area contributed by atoms with Crippen LogP contribution in [0.5, 0.6) is 11.5 Å². The fourth-order valence-electron chi connectivity index (χ4n) is 2.25. The number of hydrogen-bond donors (Lipinski definition) is 1. The quantitative estimate of drug-likeness (QED) is 0.946. The van der Waals surface area contributed by atoms with Crippen molar-refractivity contribution in [2.24, 2.45) is 0 Å². The molecule has 1 N–H and O–H groups in total. The maximum Gasteiger partial charge on any atom is 0.255 e. The number of hydrogen-bond acceptors (Lipinski definition) is 4. The molecule has 0 fully saturated rings. The molecule has 0 aliphatic carbocycles. The Hall–Kier alpha value is -2.69. The summed E-state index contributed by atoms with van der Waals surface area (Å²) >= 11 is 0. The van der Waals surface area contributed by atoms with Gasteiger partial charge in [-0.15, -0.1) is 0 Å². The van der Waals surface area contributed by atoms with Crippen molar-refractivity contribution in [2.75, 3.05) is 37.5 Å². The van der Waals surface area contributed by atoms with Crippen molar-refractivity contribution in [3.8, 4) is 11.5 Å². The van der Waals surface area contributed by atoms with Crippen LogP contribution in [0.2, 0.25) is 0 Å². The molecule has 0 spiro atoms. The van der Waals surface area contributed by atoms with Gasteiger partial charge in [-0.2, -0.15) is 0 Å². The zero-order valence-corrected chi connectivity index (χ0v) is 12.6. The highest BCUT2D eigenvalue weighted by atomic mass is 16.6. The highest BCUT2D eigenvalue weighted by molar-refractivity contribution is 6.05. The monoisotopic (exact) mass is 298 g/mol. The number of benzene rings is 2. The first-order valence-electron chi connectivity index (χ1n) is 7.12. The van der Waals surface area contributed by atoms with Crippen molar-refractivity contribution in [2.45, 2.75) is 0 Å². The molecular formula is C17H18N2O3. The van der Waals surface area contributed by atoms with E-state index in [9.17, 15) is 4.79 Å². The molecule has 3 rings (SSSR count). The van der Waals surface area contributed by atoms with Crippen LogP contribution in [-0.2, 0) is 0 Å². The molecule has 1 amide bonds. The average Bonchev–Trinajstić information content (AvgIpc) is 2.55. The smallest absolute Gasteiger partial charge is 0.255 e. The number of amides is 1. The first kappa shape index (κ1) is 14.3. The summed E-state index contributed by atoms with van der Waals surface area (Å²) in [5, 5.41) is 2.88. The third kappa shape index (κ3) is 2.98. The van der Waals surface area contributed by atoms with Crippen molar-refractivity contribution >= 4 is 17.3 Å². The Balaban J connectivity index is 1.78. The Morgan fingerprint density at radius 2 is 1.82 bits per heavy atom. The lowest BCUT2D eigenvalue weighted by atomic mass is 10.1. The van der Waals surface area contributed by atoms with Gasteiger partial charge in [-0.05, 0) is 30.3 Å². The molecule has 2 aromatic rings. The summed E-state index contributed by atoms with van der Waals surface area (Å²) in [6, 6.07) is 12.9. The van der Waals surface area contributed by atoms with Crippen LogP contribution in [0, 0.1) is 0 Å². The van der Waals surface area contributed by atoms with Crippen LogP contribution >= 0.6 is 0 Å². The number of carbonyl (C=O) groups is 1. The fourth-order valence-corrected chi connectivity index (χ4v) is 2.25. The molecule has 0 saturated carbocycles. The largest absolute Gasteiger partial charge is 0.486 e. The molecule has 114 valence electrons. The summed E-state index contributed by atoms with van der Waals surface area (Å²) in [5.74, 6) is 1.21. The highest BCUT2D eigenvalue weighted by Crippen LogP contribution is 2.32. The van der Waals surface area contributed by atoms with Crippen LogP contribution in [-0.4, -0.2) is 33.2 Å². The Labute approximate surface area is 129 Å². The van der Waals surface area contributed by atoms with E-state index in [0.717, 1.165) is 5.69 Å². The SMILES string of the molecule is CN(C)c1cccc(C(=O)Nc2ccc3c(c2)OCCO3)c1. The number of carbonyl (C=O) groups excluding carboxylic acids is 1. The van der Waals surface area contributed by atoms with Crippen LogP contribution in [0.3, 0.4) is 0 Å². The predicted molar refractivity (Wildman–Crippen MR) is 86.2 cm³/mol. The number of nitrogens with one attached hydrogen (secondary N) is 1. The van der Waals surface area contributed by atoms with Gasteiger partial charge < -0.3 is 19.7 Å². The summed E-state index contributed by atoms with van der Waals surface area (Å²) in [7, 11) is 3.88. The third-order valence-electron chi connectivity index (χ3n) is 3.42. The first-order valence-corrected chi connectivity index (χ1v) is 7.12. The van der Waals surface area contributed by atoms with E-state index in [0.29, 0.717) is 36.0 Å². The number of ether oxygens (including phenoxy) is 2. The minimum Gasteiger partial charge on any atom is -0.486 e. The van der Waals surface area contributed by atoms with E-state index in [-0.39, 0.29) is 5.91 Å².